The first kappa shape index (κ1) is 18.8. The van der Waals surface area contributed by atoms with E-state index in [4.69, 9.17) is 4.74 Å². The largest absolute Gasteiger partial charge is 0.379 e. The zero-order valence-electron chi connectivity index (χ0n) is 15.2. The van der Waals surface area contributed by atoms with Crippen molar-refractivity contribution in [2.75, 3.05) is 70.9 Å². The Balaban J connectivity index is 1.33. The summed E-state index contributed by atoms with van der Waals surface area (Å²) in [6, 6.07) is 9.51. The van der Waals surface area contributed by atoms with Crippen LogP contribution in [0.25, 0.3) is 0 Å². The summed E-state index contributed by atoms with van der Waals surface area (Å²) in [6.45, 7) is 7.45. The molecule has 0 bridgehead atoms. The van der Waals surface area contributed by atoms with Gasteiger partial charge in [-0.15, -0.1) is 0 Å². The highest BCUT2D eigenvalue weighted by Crippen LogP contribution is 2.08. The standard InChI is InChI=1S/C19H28N4O3/c24-18(20-17-4-2-1-3-5-17)6-7-21-8-10-23(11-9-21)19(25)16-22-12-14-26-15-13-22/h1-5H,6-16H2,(H,20,24). The number of rotatable bonds is 6. The van der Waals surface area contributed by atoms with Crippen molar-refractivity contribution in [2.45, 2.75) is 6.42 Å². The van der Waals surface area contributed by atoms with Gasteiger partial charge in [0.05, 0.1) is 19.8 Å². The zero-order valence-corrected chi connectivity index (χ0v) is 15.2. The highest BCUT2D eigenvalue weighted by Gasteiger charge is 2.23. The highest BCUT2D eigenvalue weighted by atomic mass is 16.5. The number of hydrogen-bond acceptors (Lipinski definition) is 5. The lowest BCUT2D eigenvalue weighted by Gasteiger charge is -2.36. The molecule has 2 fully saturated rings. The van der Waals surface area contributed by atoms with Crippen LogP contribution < -0.4 is 5.32 Å². The summed E-state index contributed by atoms with van der Waals surface area (Å²) in [5.41, 5.74) is 0.830. The zero-order chi connectivity index (χ0) is 18.2. The highest BCUT2D eigenvalue weighted by molar-refractivity contribution is 5.90. The van der Waals surface area contributed by atoms with Gasteiger partial charge in [-0.2, -0.15) is 0 Å². The second-order valence-corrected chi connectivity index (χ2v) is 6.78. The average Bonchev–Trinajstić information content (AvgIpc) is 2.68. The van der Waals surface area contributed by atoms with Crippen molar-refractivity contribution in [3.63, 3.8) is 0 Å². The second-order valence-electron chi connectivity index (χ2n) is 6.78. The smallest absolute Gasteiger partial charge is 0.236 e. The van der Waals surface area contributed by atoms with Crippen LogP contribution in [-0.4, -0.2) is 92.1 Å². The van der Waals surface area contributed by atoms with Gasteiger partial charge in [-0.1, -0.05) is 18.2 Å². The van der Waals surface area contributed by atoms with Gasteiger partial charge in [0.15, 0.2) is 0 Å². The van der Waals surface area contributed by atoms with Crippen molar-refractivity contribution in [3.8, 4) is 0 Å². The molecule has 3 rings (SSSR count). The Morgan fingerprint density at radius 1 is 0.923 bits per heavy atom. The number of ether oxygens (including phenoxy) is 1. The number of benzene rings is 1. The van der Waals surface area contributed by atoms with Crippen molar-refractivity contribution in [3.05, 3.63) is 30.3 Å². The molecular formula is C19H28N4O3. The van der Waals surface area contributed by atoms with E-state index in [2.05, 4.69) is 15.1 Å². The molecule has 0 unspecified atom stereocenters. The fourth-order valence-corrected chi connectivity index (χ4v) is 3.28. The van der Waals surface area contributed by atoms with E-state index < -0.39 is 0 Å². The number of anilines is 1. The first-order valence-corrected chi connectivity index (χ1v) is 9.36. The molecule has 7 heteroatoms. The molecule has 0 aromatic heterocycles. The van der Waals surface area contributed by atoms with Gasteiger partial charge in [0.2, 0.25) is 11.8 Å². The maximum Gasteiger partial charge on any atom is 0.236 e. The van der Waals surface area contributed by atoms with Crippen LogP contribution in [0.1, 0.15) is 6.42 Å². The molecule has 2 saturated heterocycles. The Bertz CT molecular complexity index is 582. The normalized spacial score (nSPS) is 19.3. The fourth-order valence-electron chi connectivity index (χ4n) is 3.28. The summed E-state index contributed by atoms with van der Waals surface area (Å²) in [7, 11) is 0. The molecule has 1 N–H and O–H groups in total. The van der Waals surface area contributed by atoms with Gasteiger partial charge in [0, 0.05) is 57.9 Å². The number of nitrogens with zero attached hydrogens (tertiary/aromatic N) is 3. The van der Waals surface area contributed by atoms with E-state index in [9.17, 15) is 9.59 Å². The maximum atomic E-state index is 12.4. The molecule has 0 spiro atoms. The summed E-state index contributed by atoms with van der Waals surface area (Å²) < 4.78 is 5.32. The molecule has 2 aliphatic rings. The average molecular weight is 360 g/mol. The Hall–Kier alpha value is -1.96. The quantitative estimate of drug-likeness (QED) is 0.800. The maximum absolute atomic E-state index is 12.4. The van der Waals surface area contributed by atoms with Gasteiger partial charge in [0.25, 0.3) is 0 Å². The predicted molar refractivity (Wildman–Crippen MR) is 100.0 cm³/mol. The molecular weight excluding hydrogens is 332 g/mol. The van der Waals surface area contributed by atoms with Gasteiger partial charge in [-0.3, -0.25) is 19.4 Å². The van der Waals surface area contributed by atoms with Crippen molar-refractivity contribution in [1.29, 1.82) is 0 Å². The monoisotopic (exact) mass is 360 g/mol. The summed E-state index contributed by atoms with van der Waals surface area (Å²) in [5, 5.41) is 2.91. The van der Waals surface area contributed by atoms with Gasteiger partial charge in [-0.25, -0.2) is 0 Å². The summed E-state index contributed by atoms with van der Waals surface area (Å²) in [5.74, 6) is 0.232. The minimum absolute atomic E-state index is 0.0297. The summed E-state index contributed by atoms with van der Waals surface area (Å²) in [6.07, 6.45) is 0.469. The molecule has 2 heterocycles. The number of nitrogens with one attached hydrogen (secondary N) is 1. The SMILES string of the molecule is O=C(CCN1CCN(C(=O)CN2CCOCC2)CC1)Nc1ccccc1. The van der Waals surface area contributed by atoms with Crippen LogP contribution in [0, 0.1) is 0 Å². The topological polar surface area (TPSA) is 65.1 Å². The van der Waals surface area contributed by atoms with Crippen LogP contribution in [0.2, 0.25) is 0 Å². The Kier molecular flexibility index (Phi) is 6.99. The number of morpholine rings is 1. The molecule has 0 atom stereocenters. The minimum atomic E-state index is 0.0297. The number of carbonyl (C=O) groups excluding carboxylic acids is 2. The Morgan fingerprint density at radius 3 is 2.31 bits per heavy atom. The van der Waals surface area contributed by atoms with E-state index in [-0.39, 0.29) is 11.8 Å². The third-order valence-electron chi connectivity index (χ3n) is 4.90. The number of para-hydroxylation sites is 1. The van der Waals surface area contributed by atoms with Crippen molar-refractivity contribution in [2.24, 2.45) is 0 Å². The van der Waals surface area contributed by atoms with Gasteiger partial charge in [0.1, 0.15) is 0 Å². The summed E-state index contributed by atoms with van der Waals surface area (Å²) in [4.78, 5) is 30.8. The molecule has 1 aromatic carbocycles. The predicted octanol–water partition coefficient (Wildman–Crippen LogP) is 0.492. The Morgan fingerprint density at radius 2 is 1.62 bits per heavy atom. The van der Waals surface area contributed by atoms with Crippen LogP contribution in [0.15, 0.2) is 30.3 Å². The summed E-state index contributed by atoms with van der Waals surface area (Å²) >= 11 is 0. The van der Waals surface area contributed by atoms with Crippen LogP contribution in [0.4, 0.5) is 5.69 Å². The second kappa shape index (κ2) is 9.66. The fraction of sp³-hybridized carbons (Fsp3) is 0.579. The number of hydrogen-bond donors (Lipinski definition) is 1. The van der Waals surface area contributed by atoms with Crippen molar-refractivity contribution in [1.82, 2.24) is 14.7 Å². The molecule has 7 nitrogen and oxygen atoms in total. The van der Waals surface area contributed by atoms with Crippen LogP contribution in [-0.2, 0) is 14.3 Å². The van der Waals surface area contributed by atoms with Gasteiger partial charge < -0.3 is 15.0 Å². The molecule has 1 aromatic rings. The number of amides is 2. The van der Waals surface area contributed by atoms with E-state index in [0.717, 1.165) is 51.5 Å². The first-order valence-electron chi connectivity index (χ1n) is 9.36. The molecule has 0 radical (unpaired) electrons. The van der Waals surface area contributed by atoms with Gasteiger partial charge >= 0.3 is 0 Å². The lowest BCUT2D eigenvalue weighted by atomic mass is 10.2. The molecule has 26 heavy (non-hydrogen) atoms. The van der Waals surface area contributed by atoms with Crippen LogP contribution in [0.3, 0.4) is 0 Å². The molecule has 2 amide bonds. The molecule has 142 valence electrons. The number of piperazine rings is 1. The molecule has 0 aliphatic carbocycles. The Labute approximate surface area is 154 Å². The van der Waals surface area contributed by atoms with E-state index in [1.807, 2.05) is 35.2 Å². The van der Waals surface area contributed by atoms with E-state index in [1.165, 1.54) is 0 Å². The first-order chi connectivity index (χ1) is 12.7. The van der Waals surface area contributed by atoms with Crippen LogP contribution >= 0.6 is 0 Å². The van der Waals surface area contributed by atoms with Crippen molar-refractivity contribution >= 4 is 17.5 Å². The molecule has 0 saturated carbocycles. The van der Waals surface area contributed by atoms with E-state index in [0.29, 0.717) is 26.2 Å². The molecule has 2 aliphatic heterocycles. The van der Waals surface area contributed by atoms with Gasteiger partial charge in [-0.05, 0) is 12.1 Å². The van der Waals surface area contributed by atoms with E-state index in [1.54, 1.807) is 0 Å². The van der Waals surface area contributed by atoms with Crippen molar-refractivity contribution < 1.29 is 14.3 Å². The van der Waals surface area contributed by atoms with E-state index >= 15 is 0 Å². The minimum Gasteiger partial charge on any atom is -0.379 e. The van der Waals surface area contributed by atoms with Crippen LogP contribution in [0.5, 0.6) is 0 Å². The third-order valence-corrected chi connectivity index (χ3v) is 4.90. The lowest BCUT2D eigenvalue weighted by Crippen LogP contribution is -2.52. The third kappa shape index (κ3) is 5.79. The number of carbonyl (C=O) groups is 2. The lowest BCUT2D eigenvalue weighted by molar-refractivity contribution is -0.135.